The summed E-state index contributed by atoms with van der Waals surface area (Å²) in [5, 5.41) is 10.2. The number of rotatable bonds is 1. The Morgan fingerprint density at radius 2 is 2.20 bits per heavy atom. The Morgan fingerprint density at radius 1 is 1.36 bits per heavy atom. The van der Waals surface area contributed by atoms with Gasteiger partial charge >= 0.3 is 0 Å². The molecule has 0 aromatic heterocycles. The van der Waals surface area contributed by atoms with E-state index in [0.717, 1.165) is 19.5 Å². The summed E-state index contributed by atoms with van der Waals surface area (Å²) in [6, 6.07) is 8.90. The lowest BCUT2D eigenvalue weighted by Crippen LogP contribution is -2.72. The van der Waals surface area contributed by atoms with E-state index in [1.807, 2.05) is 0 Å². The largest absolute Gasteiger partial charge is 0.396 e. The van der Waals surface area contributed by atoms with Gasteiger partial charge in [0.1, 0.15) is 0 Å². The summed E-state index contributed by atoms with van der Waals surface area (Å²) in [7, 11) is 2.17. The zero-order chi connectivity index (χ0) is 17.2. The minimum absolute atomic E-state index is 0.133. The number of allylic oxidation sites excluding steroid dienone is 1. The van der Waals surface area contributed by atoms with Gasteiger partial charge in [-0.25, -0.2) is 0 Å². The molecular weight excluding hydrogens is 312 g/mol. The van der Waals surface area contributed by atoms with E-state index >= 15 is 0 Å². The van der Waals surface area contributed by atoms with Crippen molar-refractivity contribution in [1.29, 1.82) is 0 Å². The standard InChI is InChI=1S/C21H26N2O2/c1-3-15-8-9-19-21-20(10-11-23(19)12-15,16(13-24)14-25-21)17-6-4-5-7-18(17)22(21)2/h3-9,16,19,24H,10-14H2,1-2H3/b15-3+/t16-,19-,20+,21-/m0/s1. The first kappa shape index (κ1) is 15.6. The monoisotopic (exact) mass is 338 g/mol. The maximum atomic E-state index is 10.2. The van der Waals surface area contributed by atoms with Crippen molar-refractivity contribution in [3.05, 3.63) is 53.6 Å². The zero-order valence-corrected chi connectivity index (χ0v) is 15.0. The van der Waals surface area contributed by atoms with Gasteiger partial charge in [-0.2, -0.15) is 0 Å². The van der Waals surface area contributed by atoms with Gasteiger partial charge in [-0.3, -0.25) is 4.90 Å². The molecule has 0 saturated carbocycles. The van der Waals surface area contributed by atoms with Gasteiger partial charge < -0.3 is 14.7 Å². The molecule has 4 atom stereocenters. The van der Waals surface area contributed by atoms with E-state index in [-0.39, 0.29) is 24.0 Å². The number of ether oxygens (including phenoxy) is 1. The van der Waals surface area contributed by atoms with E-state index in [1.165, 1.54) is 16.8 Å². The van der Waals surface area contributed by atoms with Gasteiger partial charge in [0.25, 0.3) is 0 Å². The number of benzene rings is 1. The van der Waals surface area contributed by atoms with Crippen molar-refractivity contribution in [1.82, 2.24) is 4.90 Å². The Labute approximate surface area is 149 Å². The predicted octanol–water partition coefficient (Wildman–Crippen LogP) is 2.30. The average Bonchev–Trinajstić information content (AvgIpc) is 3.13. The SMILES string of the molecule is C/C=C1\C=C[C@@H]2N(CC[C@@]34c5ccccc5N(C)[C@]23OC[C@@H]4CO)C1. The lowest BCUT2D eigenvalue weighted by Gasteiger charge is -2.57. The molecule has 4 heteroatoms. The third-order valence-corrected chi connectivity index (χ3v) is 7.14. The second kappa shape index (κ2) is 5.19. The van der Waals surface area contributed by atoms with Crippen LogP contribution in [0.15, 0.2) is 48.1 Å². The number of nitrogens with zero attached hydrogens (tertiary/aromatic N) is 2. The molecule has 2 fully saturated rings. The number of aliphatic hydroxyl groups is 1. The summed E-state index contributed by atoms with van der Waals surface area (Å²) >= 11 is 0. The van der Waals surface area contributed by atoms with Crippen LogP contribution in [0.1, 0.15) is 18.9 Å². The van der Waals surface area contributed by atoms with Crippen LogP contribution >= 0.6 is 0 Å². The molecule has 0 spiro atoms. The molecule has 132 valence electrons. The van der Waals surface area contributed by atoms with Gasteiger partial charge in [0, 0.05) is 38.3 Å². The molecule has 0 aliphatic carbocycles. The first-order chi connectivity index (χ1) is 12.2. The normalized spacial score (nSPS) is 40.8. The molecule has 0 unspecified atom stereocenters. The summed E-state index contributed by atoms with van der Waals surface area (Å²) in [6.45, 7) is 4.94. The molecule has 4 heterocycles. The minimum Gasteiger partial charge on any atom is -0.396 e. The number of anilines is 1. The highest BCUT2D eigenvalue weighted by Gasteiger charge is 2.73. The first-order valence-electron chi connectivity index (χ1n) is 9.34. The predicted molar refractivity (Wildman–Crippen MR) is 98.7 cm³/mol. The molecule has 4 aliphatic heterocycles. The van der Waals surface area contributed by atoms with E-state index in [4.69, 9.17) is 4.74 Å². The second-order valence-corrected chi connectivity index (χ2v) is 7.82. The number of fused-ring (bicyclic) bond motifs is 2. The van der Waals surface area contributed by atoms with Crippen LogP contribution in [0.4, 0.5) is 5.69 Å². The van der Waals surface area contributed by atoms with E-state index in [9.17, 15) is 5.11 Å². The summed E-state index contributed by atoms with van der Waals surface area (Å²) in [5.41, 5.74) is 3.44. The van der Waals surface area contributed by atoms with Crippen molar-refractivity contribution >= 4 is 5.69 Å². The van der Waals surface area contributed by atoms with Crippen LogP contribution in [0.5, 0.6) is 0 Å². The molecule has 4 aliphatic rings. The van der Waals surface area contributed by atoms with E-state index in [0.29, 0.717) is 6.61 Å². The topological polar surface area (TPSA) is 35.9 Å². The fourth-order valence-electron chi connectivity index (χ4n) is 6.02. The van der Waals surface area contributed by atoms with Crippen molar-refractivity contribution in [3.63, 3.8) is 0 Å². The van der Waals surface area contributed by atoms with Crippen molar-refractivity contribution < 1.29 is 9.84 Å². The van der Waals surface area contributed by atoms with Gasteiger partial charge in [0.15, 0.2) is 5.72 Å². The van der Waals surface area contributed by atoms with Gasteiger partial charge in [0.05, 0.1) is 18.1 Å². The molecule has 25 heavy (non-hydrogen) atoms. The van der Waals surface area contributed by atoms with Crippen LogP contribution in [-0.2, 0) is 10.2 Å². The first-order valence-corrected chi connectivity index (χ1v) is 9.34. The van der Waals surface area contributed by atoms with Crippen LogP contribution in [0, 0.1) is 5.92 Å². The zero-order valence-electron chi connectivity index (χ0n) is 15.0. The number of piperidine rings is 1. The molecule has 0 radical (unpaired) electrons. The Balaban J connectivity index is 1.74. The van der Waals surface area contributed by atoms with Gasteiger partial charge in [0.2, 0.25) is 0 Å². The summed E-state index contributed by atoms with van der Waals surface area (Å²) in [5.74, 6) is 0.150. The van der Waals surface area contributed by atoms with E-state index < -0.39 is 5.72 Å². The Morgan fingerprint density at radius 3 is 3.00 bits per heavy atom. The van der Waals surface area contributed by atoms with Crippen LogP contribution in [0.25, 0.3) is 0 Å². The van der Waals surface area contributed by atoms with Gasteiger partial charge in [-0.1, -0.05) is 36.4 Å². The van der Waals surface area contributed by atoms with Crippen molar-refractivity contribution in [3.8, 4) is 0 Å². The number of hydrogen-bond donors (Lipinski definition) is 1. The number of hydrogen-bond acceptors (Lipinski definition) is 4. The quantitative estimate of drug-likeness (QED) is 0.852. The molecule has 2 saturated heterocycles. The lowest BCUT2D eigenvalue weighted by atomic mass is 9.60. The highest BCUT2D eigenvalue weighted by atomic mass is 16.5. The average molecular weight is 338 g/mol. The number of likely N-dealkylation sites (N-methyl/N-ethyl adjacent to an activating group) is 1. The Hall–Kier alpha value is -1.62. The van der Waals surface area contributed by atoms with E-state index in [2.05, 4.69) is 66.3 Å². The molecule has 0 amide bonds. The minimum atomic E-state index is -0.419. The lowest BCUT2D eigenvalue weighted by molar-refractivity contribution is -0.103. The highest BCUT2D eigenvalue weighted by molar-refractivity contribution is 5.68. The molecule has 5 rings (SSSR count). The Bertz CT molecular complexity index is 773. The fraction of sp³-hybridized carbons (Fsp3) is 0.524. The molecule has 1 N–H and O–H groups in total. The van der Waals surface area contributed by atoms with Crippen molar-refractivity contribution in [2.45, 2.75) is 30.5 Å². The maximum absolute atomic E-state index is 10.2. The van der Waals surface area contributed by atoms with E-state index in [1.54, 1.807) is 0 Å². The Kier molecular flexibility index (Phi) is 3.25. The summed E-state index contributed by atoms with van der Waals surface area (Å²) in [4.78, 5) is 4.91. The molecule has 1 aromatic rings. The van der Waals surface area contributed by atoms with Crippen LogP contribution in [0.2, 0.25) is 0 Å². The molecule has 0 bridgehead atoms. The smallest absolute Gasteiger partial charge is 0.170 e. The van der Waals surface area contributed by atoms with Crippen molar-refractivity contribution in [2.24, 2.45) is 5.92 Å². The van der Waals surface area contributed by atoms with Gasteiger partial charge in [-0.15, -0.1) is 0 Å². The number of para-hydroxylation sites is 1. The van der Waals surface area contributed by atoms with Crippen LogP contribution in [-0.4, -0.2) is 55.1 Å². The van der Waals surface area contributed by atoms with Crippen LogP contribution < -0.4 is 4.90 Å². The third kappa shape index (κ3) is 1.64. The third-order valence-electron chi connectivity index (χ3n) is 7.14. The summed E-state index contributed by atoms with van der Waals surface area (Å²) in [6.07, 6.45) is 7.82. The molecular formula is C21H26N2O2. The van der Waals surface area contributed by atoms with Crippen molar-refractivity contribution in [2.75, 3.05) is 38.3 Å². The van der Waals surface area contributed by atoms with Gasteiger partial charge in [-0.05, 0) is 30.5 Å². The van der Waals surface area contributed by atoms with Crippen LogP contribution in [0.3, 0.4) is 0 Å². The second-order valence-electron chi connectivity index (χ2n) is 7.82. The maximum Gasteiger partial charge on any atom is 0.170 e. The summed E-state index contributed by atoms with van der Waals surface area (Å²) < 4.78 is 6.65. The number of aliphatic hydroxyl groups excluding tert-OH is 1. The molecule has 1 aromatic carbocycles. The molecule has 4 nitrogen and oxygen atoms in total. The highest BCUT2D eigenvalue weighted by Crippen LogP contribution is 2.64. The fourth-order valence-corrected chi connectivity index (χ4v) is 6.02.